The molecule has 0 aliphatic heterocycles. The van der Waals surface area contributed by atoms with Gasteiger partial charge in [-0.25, -0.2) is 0 Å². The summed E-state index contributed by atoms with van der Waals surface area (Å²) < 4.78 is 0. The van der Waals surface area contributed by atoms with Crippen LogP contribution in [0.4, 0.5) is 0 Å². The molecule has 2 aromatic rings. The molecule has 17 heavy (non-hydrogen) atoms. The predicted octanol–water partition coefficient (Wildman–Crippen LogP) is 6.14. The van der Waals surface area contributed by atoms with Gasteiger partial charge in [0.1, 0.15) is 0 Å². The molecule has 0 aromatic heterocycles. The van der Waals surface area contributed by atoms with Crippen molar-refractivity contribution in [2.24, 2.45) is 0 Å². The Balaban J connectivity index is 2.24. The van der Waals surface area contributed by atoms with Crippen LogP contribution in [-0.2, 0) is 6.42 Å². The second kappa shape index (κ2) is 5.30. The standard InChI is InChI=1S/C13H8I2S2/c14-16-10-5-4-8-6-9-2-1-3-12(17-15)13(9)11(8)7-10/h1-5,7H,6H2. The molecule has 86 valence electrons. The Hall–Kier alpha value is 0.600. The van der Waals surface area contributed by atoms with Crippen LogP contribution in [0.3, 0.4) is 0 Å². The average molecular weight is 482 g/mol. The van der Waals surface area contributed by atoms with Gasteiger partial charge in [-0.1, -0.05) is 36.1 Å². The van der Waals surface area contributed by atoms with Crippen LogP contribution >= 0.6 is 60.3 Å². The first kappa shape index (κ1) is 12.6. The number of hydrogen-bond acceptors (Lipinski definition) is 2. The highest BCUT2D eigenvalue weighted by molar-refractivity contribution is 14.2. The van der Waals surface area contributed by atoms with Gasteiger partial charge in [-0.2, -0.15) is 0 Å². The molecule has 0 atom stereocenters. The molecule has 0 radical (unpaired) electrons. The highest BCUT2D eigenvalue weighted by Crippen LogP contribution is 2.45. The fourth-order valence-electron chi connectivity index (χ4n) is 2.29. The van der Waals surface area contributed by atoms with Crippen molar-refractivity contribution < 1.29 is 0 Å². The zero-order chi connectivity index (χ0) is 11.8. The van der Waals surface area contributed by atoms with Crippen LogP contribution in [0.5, 0.6) is 0 Å². The third-order valence-corrected chi connectivity index (χ3v) is 6.90. The van der Waals surface area contributed by atoms with E-state index in [4.69, 9.17) is 0 Å². The van der Waals surface area contributed by atoms with Crippen LogP contribution < -0.4 is 0 Å². The third-order valence-electron chi connectivity index (χ3n) is 3.02. The second-order valence-corrected chi connectivity index (χ2v) is 7.80. The normalized spacial score (nSPS) is 12.4. The van der Waals surface area contributed by atoms with Crippen LogP contribution in [0.25, 0.3) is 11.1 Å². The van der Waals surface area contributed by atoms with E-state index in [0.29, 0.717) is 0 Å². The first-order valence-electron chi connectivity index (χ1n) is 5.16. The molecular weight excluding hydrogens is 474 g/mol. The van der Waals surface area contributed by atoms with Crippen LogP contribution in [0.15, 0.2) is 46.2 Å². The first-order chi connectivity index (χ1) is 8.33. The van der Waals surface area contributed by atoms with Crippen molar-refractivity contribution in [3.05, 3.63) is 47.5 Å². The molecule has 2 aromatic carbocycles. The van der Waals surface area contributed by atoms with Crippen molar-refractivity contribution in [3.8, 4) is 11.1 Å². The molecule has 0 bridgehead atoms. The molecule has 0 amide bonds. The Bertz CT molecular complexity index is 582. The Morgan fingerprint density at radius 3 is 2.59 bits per heavy atom. The predicted molar refractivity (Wildman–Crippen MR) is 94.4 cm³/mol. The maximum absolute atomic E-state index is 2.37. The Morgan fingerprint density at radius 1 is 0.941 bits per heavy atom. The topological polar surface area (TPSA) is 0 Å². The lowest BCUT2D eigenvalue weighted by molar-refractivity contribution is 1.24. The first-order valence-corrected chi connectivity index (χ1v) is 11.9. The highest BCUT2D eigenvalue weighted by Gasteiger charge is 2.21. The van der Waals surface area contributed by atoms with Crippen molar-refractivity contribution >= 4 is 60.3 Å². The number of fused-ring (bicyclic) bond motifs is 3. The fourth-order valence-corrected chi connectivity index (χ4v) is 4.94. The third kappa shape index (κ3) is 2.26. The number of rotatable bonds is 2. The van der Waals surface area contributed by atoms with E-state index < -0.39 is 0 Å². The number of halogens is 2. The molecule has 0 N–H and O–H groups in total. The van der Waals surface area contributed by atoms with Gasteiger partial charge in [0.2, 0.25) is 0 Å². The van der Waals surface area contributed by atoms with E-state index in [0.717, 1.165) is 6.42 Å². The summed E-state index contributed by atoms with van der Waals surface area (Å²) in [5.41, 5.74) is 5.82. The van der Waals surface area contributed by atoms with E-state index in [2.05, 4.69) is 78.8 Å². The quantitative estimate of drug-likeness (QED) is 0.403. The van der Waals surface area contributed by atoms with E-state index in [9.17, 15) is 0 Å². The van der Waals surface area contributed by atoms with E-state index in [1.807, 2.05) is 8.93 Å². The minimum absolute atomic E-state index is 1.09. The summed E-state index contributed by atoms with van der Waals surface area (Å²) >= 11 is 4.72. The van der Waals surface area contributed by atoms with Gasteiger partial charge in [-0.3, -0.25) is 0 Å². The molecule has 0 saturated carbocycles. The Labute approximate surface area is 134 Å². The lowest BCUT2D eigenvalue weighted by atomic mass is 10.1. The van der Waals surface area contributed by atoms with Crippen LogP contribution in [0, 0.1) is 0 Å². The Morgan fingerprint density at radius 2 is 1.82 bits per heavy atom. The molecule has 3 rings (SSSR count). The summed E-state index contributed by atoms with van der Waals surface area (Å²) in [6, 6.07) is 13.5. The smallest absolute Gasteiger partial charge is 0.0260 e. The van der Waals surface area contributed by atoms with E-state index in [1.165, 1.54) is 32.0 Å². The summed E-state index contributed by atoms with van der Waals surface area (Å²) in [6.45, 7) is 0. The zero-order valence-corrected chi connectivity index (χ0v) is 14.7. The van der Waals surface area contributed by atoms with Gasteiger partial charge in [0.25, 0.3) is 0 Å². The van der Waals surface area contributed by atoms with Crippen molar-refractivity contribution in [3.63, 3.8) is 0 Å². The van der Waals surface area contributed by atoms with Gasteiger partial charge in [0, 0.05) is 52.2 Å². The monoisotopic (exact) mass is 482 g/mol. The van der Waals surface area contributed by atoms with Gasteiger partial charge in [0.15, 0.2) is 0 Å². The summed E-state index contributed by atoms with van der Waals surface area (Å²) in [6.07, 6.45) is 1.09. The summed E-state index contributed by atoms with van der Waals surface area (Å²) in [4.78, 5) is 2.72. The average Bonchev–Trinajstić information content (AvgIpc) is 2.75. The Kier molecular flexibility index (Phi) is 3.94. The number of benzene rings is 2. The van der Waals surface area contributed by atoms with Crippen LogP contribution in [0.1, 0.15) is 11.1 Å². The molecule has 0 spiro atoms. The number of hydrogen-bond donors (Lipinski definition) is 0. The largest absolute Gasteiger partial charge is 0.0608 e. The van der Waals surface area contributed by atoms with Crippen molar-refractivity contribution in [1.82, 2.24) is 0 Å². The van der Waals surface area contributed by atoms with Gasteiger partial charge in [-0.15, -0.1) is 0 Å². The maximum atomic E-state index is 2.37. The van der Waals surface area contributed by atoms with Crippen molar-refractivity contribution in [1.29, 1.82) is 0 Å². The molecule has 0 heterocycles. The molecule has 0 unspecified atom stereocenters. The van der Waals surface area contributed by atoms with Gasteiger partial charge >= 0.3 is 0 Å². The summed E-state index contributed by atoms with van der Waals surface area (Å²) in [7, 11) is 3.60. The molecular formula is C13H8I2S2. The fraction of sp³-hybridized carbons (Fsp3) is 0.0769. The highest BCUT2D eigenvalue weighted by atomic mass is 127. The minimum atomic E-state index is 1.09. The lowest BCUT2D eigenvalue weighted by Crippen LogP contribution is -1.81. The summed E-state index contributed by atoms with van der Waals surface area (Å²) in [5.74, 6) is 0. The van der Waals surface area contributed by atoms with E-state index in [-0.39, 0.29) is 0 Å². The molecule has 4 heteroatoms. The maximum Gasteiger partial charge on any atom is 0.0260 e. The SMILES string of the molecule is ISc1ccc2c(c1)-c1c(cccc1SI)C2. The zero-order valence-electron chi connectivity index (χ0n) is 8.74. The summed E-state index contributed by atoms with van der Waals surface area (Å²) in [5, 5.41) is 0. The van der Waals surface area contributed by atoms with Crippen molar-refractivity contribution in [2.45, 2.75) is 16.2 Å². The van der Waals surface area contributed by atoms with Crippen molar-refractivity contribution in [2.75, 3.05) is 0 Å². The molecule has 0 saturated heterocycles. The van der Waals surface area contributed by atoms with Crippen LogP contribution in [0.2, 0.25) is 0 Å². The second-order valence-electron chi connectivity index (χ2n) is 3.94. The van der Waals surface area contributed by atoms with Gasteiger partial charge < -0.3 is 0 Å². The molecule has 0 nitrogen and oxygen atoms in total. The lowest BCUT2D eigenvalue weighted by Gasteiger charge is -2.06. The molecule has 1 aliphatic carbocycles. The molecule has 1 aliphatic rings. The van der Waals surface area contributed by atoms with Crippen LogP contribution in [-0.4, -0.2) is 0 Å². The minimum Gasteiger partial charge on any atom is -0.0608 e. The van der Waals surface area contributed by atoms with Gasteiger partial charge in [0.05, 0.1) is 0 Å². The molecule has 0 fully saturated rings. The van der Waals surface area contributed by atoms with E-state index >= 15 is 0 Å². The van der Waals surface area contributed by atoms with Gasteiger partial charge in [-0.05, 0) is 46.9 Å². The van der Waals surface area contributed by atoms with E-state index in [1.54, 1.807) is 8.93 Å².